The molecule has 1 heterocycles. The van der Waals surface area contributed by atoms with E-state index in [1.807, 2.05) is 23.7 Å². The molecule has 0 radical (unpaired) electrons. The first-order chi connectivity index (χ1) is 12.2. The van der Waals surface area contributed by atoms with E-state index in [2.05, 4.69) is 52.7 Å². The SMILES string of the molecule is CCN=c1scc(-c2ccc(C)cc2)n1N=Cc1ccc(C#N)cc1. The lowest BCUT2D eigenvalue weighted by atomic mass is 10.1. The van der Waals surface area contributed by atoms with Crippen LogP contribution in [0.3, 0.4) is 0 Å². The molecule has 25 heavy (non-hydrogen) atoms. The number of nitriles is 1. The fraction of sp³-hybridized carbons (Fsp3) is 0.150. The molecule has 0 aliphatic carbocycles. The molecule has 124 valence electrons. The fourth-order valence-electron chi connectivity index (χ4n) is 2.35. The highest BCUT2D eigenvalue weighted by Crippen LogP contribution is 2.20. The van der Waals surface area contributed by atoms with Gasteiger partial charge in [-0.05, 0) is 31.5 Å². The smallest absolute Gasteiger partial charge is 0.206 e. The Morgan fingerprint density at radius 2 is 1.84 bits per heavy atom. The summed E-state index contributed by atoms with van der Waals surface area (Å²) in [4.78, 5) is 5.40. The topological polar surface area (TPSA) is 53.4 Å². The molecule has 4 nitrogen and oxygen atoms in total. The van der Waals surface area contributed by atoms with Crippen LogP contribution in [-0.4, -0.2) is 17.4 Å². The number of hydrogen-bond acceptors (Lipinski definition) is 4. The molecule has 5 heteroatoms. The van der Waals surface area contributed by atoms with Gasteiger partial charge >= 0.3 is 0 Å². The van der Waals surface area contributed by atoms with Crippen molar-refractivity contribution in [3.8, 4) is 17.3 Å². The molecule has 0 fully saturated rings. The highest BCUT2D eigenvalue weighted by atomic mass is 32.1. The third-order valence-electron chi connectivity index (χ3n) is 3.69. The van der Waals surface area contributed by atoms with Gasteiger partial charge < -0.3 is 0 Å². The Labute approximate surface area is 151 Å². The Kier molecular flexibility index (Phi) is 5.22. The van der Waals surface area contributed by atoms with Crippen LogP contribution in [0.4, 0.5) is 0 Å². The number of aryl methyl sites for hydroxylation is 1. The van der Waals surface area contributed by atoms with Gasteiger partial charge in [0, 0.05) is 17.5 Å². The van der Waals surface area contributed by atoms with Crippen LogP contribution in [0, 0.1) is 18.3 Å². The van der Waals surface area contributed by atoms with Crippen molar-refractivity contribution in [2.75, 3.05) is 6.54 Å². The molecule has 3 rings (SSSR count). The molecule has 1 aromatic heterocycles. The molecule has 0 N–H and O–H groups in total. The third kappa shape index (κ3) is 3.93. The lowest BCUT2D eigenvalue weighted by Crippen LogP contribution is -2.12. The second-order valence-corrected chi connectivity index (χ2v) is 6.37. The monoisotopic (exact) mass is 346 g/mol. The summed E-state index contributed by atoms with van der Waals surface area (Å²) in [6.45, 7) is 4.80. The number of thiazole rings is 1. The fourth-order valence-corrected chi connectivity index (χ4v) is 3.25. The zero-order valence-electron chi connectivity index (χ0n) is 14.2. The molecule has 0 amide bonds. The highest BCUT2D eigenvalue weighted by Gasteiger charge is 2.07. The number of aromatic nitrogens is 1. The van der Waals surface area contributed by atoms with E-state index >= 15 is 0 Å². The standard InChI is InChI=1S/C20H18N4S/c1-3-22-20-24(23-13-17-8-6-16(12-21)7-9-17)19(14-25-20)18-10-4-15(2)5-11-18/h4-11,13-14H,3H2,1-2H3. The summed E-state index contributed by atoms with van der Waals surface area (Å²) in [5, 5.41) is 15.6. The number of benzene rings is 2. The number of hydrogen-bond donors (Lipinski definition) is 0. The van der Waals surface area contributed by atoms with E-state index in [0.717, 1.165) is 21.6 Å². The first-order valence-electron chi connectivity index (χ1n) is 8.04. The summed E-state index contributed by atoms with van der Waals surface area (Å²) in [5.41, 5.74) is 4.93. The molecule has 0 bridgehead atoms. The summed E-state index contributed by atoms with van der Waals surface area (Å²) in [7, 11) is 0. The first-order valence-corrected chi connectivity index (χ1v) is 8.92. The Balaban J connectivity index is 2.02. The molecule has 0 aliphatic heterocycles. The van der Waals surface area contributed by atoms with Gasteiger partial charge in [0.2, 0.25) is 4.80 Å². The molecule has 3 aromatic rings. The molecule has 0 unspecified atom stereocenters. The van der Waals surface area contributed by atoms with Gasteiger partial charge in [-0.3, -0.25) is 4.99 Å². The average molecular weight is 346 g/mol. The minimum Gasteiger partial charge on any atom is -0.258 e. The Morgan fingerprint density at radius 3 is 2.48 bits per heavy atom. The van der Waals surface area contributed by atoms with Crippen LogP contribution in [0.1, 0.15) is 23.6 Å². The van der Waals surface area contributed by atoms with Crippen molar-refractivity contribution in [3.63, 3.8) is 0 Å². The maximum atomic E-state index is 8.89. The molecule has 0 saturated heterocycles. The zero-order valence-corrected chi connectivity index (χ0v) is 15.0. The van der Waals surface area contributed by atoms with Crippen molar-refractivity contribution >= 4 is 17.6 Å². The first kappa shape index (κ1) is 16.9. The number of rotatable bonds is 4. The van der Waals surface area contributed by atoms with Crippen LogP contribution in [0.15, 0.2) is 64.0 Å². The maximum Gasteiger partial charge on any atom is 0.206 e. The summed E-state index contributed by atoms with van der Waals surface area (Å²) >= 11 is 1.58. The van der Waals surface area contributed by atoms with Crippen LogP contribution in [-0.2, 0) is 0 Å². The van der Waals surface area contributed by atoms with Gasteiger partial charge in [0.05, 0.1) is 23.5 Å². The van der Waals surface area contributed by atoms with Crippen LogP contribution in [0.5, 0.6) is 0 Å². The van der Waals surface area contributed by atoms with Gasteiger partial charge in [-0.2, -0.15) is 10.4 Å². The third-order valence-corrected chi connectivity index (χ3v) is 4.54. The maximum absolute atomic E-state index is 8.89. The van der Waals surface area contributed by atoms with Crippen molar-refractivity contribution in [3.05, 3.63) is 75.4 Å². The average Bonchev–Trinajstić information content (AvgIpc) is 3.04. The number of nitrogens with zero attached hydrogens (tertiary/aromatic N) is 4. The van der Waals surface area contributed by atoms with Gasteiger partial charge in [-0.1, -0.05) is 42.0 Å². The Bertz CT molecular complexity index is 984. The second-order valence-electron chi connectivity index (χ2n) is 5.53. The van der Waals surface area contributed by atoms with Crippen molar-refractivity contribution < 1.29 is 0 Å². The molecule has 0 saturated carbocycles. The minimum absolute atomic E-state index is 0.641. The normalized spacial score (nSPS) is 11.8. The molecule has 0 aliphatic rings. The Morgan fingerprint density at radius 1 is 1.12 bits per heavy atom. The summed E-state index contributed by atoms with van der Waals surface area (Å²) < 4.78 is 1.87. The molecule has 0 spiro atoms. The predicted molar refractivity (Wildman–Crippen MR) is 103 cm³/mol. The van der Waals surface area contributed by atoms with E-state index in [1.54, 1.807) is 29.7 Å². The predicted octanol–water partition coefficient (Wildman–Crippen LogP) is 4.20. The highest BCUT2D eigenvalue weighted by molar-refractivity contribution is 7.07. The van der Waals surface area contributed by atoms with E-state index in [9.17, 15) is 0 Å². The lowest BCUT2D eigenvalue weighted by molar-refractivity contribution is 0.833. The lowest BCUT2D eigenvalue weighted by Gasteiger charge is -2.04. The molecule has 0 atom stereocenters. The van der Waals surface area contributed by atoms with Crippen LogP contribution in [0.25, 0.3) is 11.3 Å². The van der Waals surface area contributed by atoms with Gasteiger partial charge in [0.1, 0.15) is 0 Å². The molecule has 2 aromatic carbocycles. The van der Waals surface area contributed by atoms with Gasteiger partial charge in [0.15, 0.2) is 0 Å². The van der Waals surface area contributed by atoms with E-state index < -0.39 is 0 Å². The van der Waals surface area contributed by atoms with Gasteiger partial charge in [0.25, 0.3) is 0 Å². The van der Waals surface area contributed by atoms with Crippen molar-refractivity contribution in [2.45, 2.75) is 13.8 Å². The summed E-state index contributed by atoms with van der Waals surface area (Å²) in [6.07, 6.45) is 1.79. The van der Waals surface area contributed by atoms with E-state index in [4.69, 9.17) is 5.26 Å². The van der Waals surface area contributed by atoms with E-state index in [0.29, 0.717) is 12.1 Å². The Hall–Kier alpha value is -2.97. The second kappa shape index (κ2) is 7.73. The quantitative estimate of drug-likeness (QED) is 0.653. The largest absolute Gasteiger partial charge is 0.258 e. The minimum atomic E-state index is 0.641. The van der Waals surface area contributed by atoms with E-state index in [-0.39, 0.29) is 0 Å². The van der Waals surface area contributed by atoms with Gasteiger partial charge in [-0.15, -0.1) is 11.3 Å². The molecular formula is C20H18N4S. The zero-order chi connectivity index (χ0) is 17.6. The summed E-state index contributed by atoms with van der Waals surface area (Å²) in [5.74, 6) is 0. The van der Waals surface area contributed by atoms with Crippen molar-refractivity contribution in [2.24, 2.45) is 10.1 Å². The van der Waals surface area contributed by atoms with Crippen molar-refractivity contribution in [1.29, 1.82) is 5.26 Å². The molecular weight excluding hydrogens is 328 g/mol. The van der Waals surface area contributed by atoms with E-state index in [1.165, 1.54) is 5.56 Å². The van der Waals surface area contributed by atoms with Crippen LogP contribution in [0.2, 0.25) is 0 Å². The van der Waals surface area contributed by atoms with Crippen LogP contribution >= 0.6 is 11.3 Å². The van der Waals surface area contributed by atoms with Crippen LogP contribution < -0.4 is 4.80 Å². The van der Waals surface area contributed by atoms with Gasteiger partial charge in [-0.25, -0.2) is 4.68 Å². The van der Waals surface area contributed by atoms with Crippen molar-refractivity contribution in [1.82, 2.24) is 4.68 Å². The summed E-state index contributed by atoms with van der Waals surface area (Å²) in [6, 6.07) is 17.9.